The Morgan fingerprint density at radius 2 is 1.50 bits per heavy atom. The molecule has 0 spiro atoms. The molecule has 1 fully saturated rings. The number of phenols is 1. The van der Waals surface area contributed by atoms with Crippen molar-refractivity contribution in [1.29, 1.82) is 0 Å². The van der Waals surface area contributed by atoms with Gasteiger partial charge in [0.25, 0.3) is 11.8 Å². The molecule has 1 aliphatic carbocycles. The fourth-order valence-corrected chi connectivity index (χ4v) is 3.13. The van der Waals surface area contributed by atoms with Crippen LogP contribution >= 0.6 is 0 Å². The van der Waals surface area contributed by atoms with Crippen LogP contribution in [-0.2, 0) is 9.53 Å². The topological polar surface area (TPSA) is 105 Å². The molecule has 0 radical (unpaired) electrons. The lowest BCUT2D eigenvalue weighted by molar-refractivity contribution is -0.119. The van der Waals surface area contributed by atoms with E-state index in [4.69, 9.17) is 4.74 Å². The minimum atomic E-state index is -0.628. The molecule has 7 heteroatoms. The fraction of sp³-hybridized carbons (Fsp3) is 0.160. The number of para-hydroxylation sites is 1. The minimum absolute atomic E-state index is 0.179. The molecule has 0 atom stereocenters. The first-order chi connectivity index (χ1) is 15.5. The van der Waals surface area contributed by atoms with Crippen molar-refractivity contribution in [3.63, 3.8) is 0 Å². The van der Waals surface area contributed by atoms with E-state index in [2.05, 4.69) is 10.6 Å². The van der Waals surface area contributed by atoms with E-state index in [0.29, 0.717) is 16.8 Å². The first kappa shape index (κ1) is 21.1. The molecule has 0 aliphatic heterocycles. The van der Waals surface area contributed by atoms with E-state index >= 15 is 0 Å². The molecule has 3 aromatic carbocycles. The van der Waals surface area contributed by atoms with Gasteiger partial charge in [0, 0.05) is 6.04 Å². The van der Waals surface area contributed by atoms with Crippen molar-refractivity contribution >= 4 is 23.5 Å². The second kappa shape index (κ2) is 9.34. The van der Waals surface area contributed by atoms with Crippen molar-refractivity contribution in [3.8, 4) is 16.9 Å². The fourth-order valence-electron chi connectivity index (χ4n) is 3.13. The van der Waals surface area contributed by atoms with E-state index in [9.17, 15) is 19.5 Å². The number of carbonyl (C=O) groups excluding carboxylic acids is 3. The van der Waals surface area contributed by atoms with Crippen LogP contribution < -0.4 is 10.6 Å². The lowest BCUT2D eigenvalue weighted by atomic mass is 10.0. The zero-order valence-corrected chi connectivity index (χ0v) is 17.2. The number of aromatic hydroxyl groups is 1. The van der Waals surface area contributed by atoms with Crippen LogP contribution in [0.5, 0.6) is 5.75 Å². The predicted octanol–water partition coefficient (Wildman–Crippen LogP) is 3.75. The largest absolute Gasteiger partial charge is 0.508 e. The number of esters is 1. The van der Waals surface area contributed by atoms with Gasteiger partial charge in [-0.05, 0) is 60.4 Å². The quantitative estimate of drug-likeness (QED) is 0.495. The summed E-state index contributed by atoms with van der Waals surface area (Å²) in [6.07, 6.45) is 1.93. The summed E-state index contributed by atoms with van der Waals surface area (Å²) < 4.78 is 5.11. The SMILES string of the molecule is O=C(COC(=O)c1ccc(-c2ccc(O)cc2)cc1)Nc1ccccc1C(=O)NC1CC1. The Balaban J connectivity index is 1.33. The minimum Gasteiger partial charge on any atom is -0.508 e. The average molecular weight is 430 g/mol. The number of anilines is 1. The normalized spacial score (nSPS) is 12.6. The van der Waals surface area contributed by atoms with E-state index in [-0.39, 0.29) is 17.7 Å². The highest BCUT2D eigenvalue weighted by atomic mass is 16.5. The van der Waals surface area contributed by atoms with Crippen molar-refractivity contribution in [2.75, 3.05) is 11.9 Å². The Morgan fingerprint density at radius 3 is 2.16 bits per heavy atom. The number of amides is 2. The number of phenolic OH excluding ortho intramolecular Hbond substituents is 1. The maximum absolute atomic E-state index is 12.3. The van der Waals surface area contributed by atoms with E-state index in [1.807, 2.05) is 0 Å². The average Bonchev–Trinajstić information content (AvgIpc) is 3.62. The molecule has 3 N–H and O–H groups in total. The first-order valence-corrected chi connectivity index (χ1v) is 10.3. The van der Waals surface area contributed by atoms with Gasteiger partial charge >= 0.3 is 5.97 Å². The van der Waals surface area contributed by atoms with Crippen molar-refractivity contribution in [2.24, 2.45) is 0 Å². The number of hydrogen-bond acceptors (Lipinski definition) is 5. The van der Waals surface area contributed by atoms with Gasteiger partial charge < -0.3 is 20.5 Å². The molecule has 0 unspecified atom stereocenters. The third-order valence-electron chi connectivity index (χ3n) is 5.01. The van der Waals surface area contributed by atoms with Crippen molar-refractivity contribution in [1.82, 2.24) is 5.32 Å². The summed E-state index contributed by atoms with van der Waals surface area (Å²) >= 11 is 0. The van der Waals surface area contributed by atoms with Gasteiger partial charge in [-0.15, -0.1) is 0 Å². The Hall–Kier alpha value is -4.13. The van der Waals surface area contributed by atoms with Gasteiger partial charge in [0.1, 0.15) is 5.75 Å². The molecule has 1 saturated carbocycles. The Morgan fingerprint density at radius 1 is 0.875 bits per heavy atom. The molecule has 1 aliphatic rings. The summed E-state index contributed by atoms with van der Waals surface area (Å²) in [6, 6.07) is 20.4. The summed E-state index contributed by atoms with van der Waals surface area (Å²) in [6.45, 7) is -0.475. The number of hydrogen-bond donors (Lipinski definition) is 3. The molecule has 4 rings (SSSR count). The van der Waals surface area contributed by atoms with Crippen molar-refractivity contribution in [2.45, 2.75) is 18.9 Å². The van der Waals surface area contributed by atoms with E-state index < -0.39 is 18.5 Å². The van der Waals surface area contributed by atoms with E-state index in [0.717, 1.165) is 24.0 Å². The van der Waals surface area contributed by atoms with Crippen LogP contribution in [-0.4, -0.2) is 35.5 Å². The third kappa shape index (κ3) is 5.31. The second-order valence-electron chi connectivity index (χ2n) is 7.54. The molecule has 2 amide bonds. The number of ether oxygens (including phenoxy) is 1. The predicted molar refractivity (Wildman–Crippen MR) is 119 cm³/mol. The summed E-state index contributed by atoms with van der Waals surface area (Å²) in [7, 11) is 0. The van der Waals surface area contributed by atoms with Gasteiger partial charge in [0.05, 0.1) is 16.8 Å². The number of carbonyl (C=O) groups is 3. The van der Waals surface area contributed by atoms with Crippen LogP contribution in [0.1, 0.15) is 33.6 Å². The van der Waals surface area contributed by atoms with E-state index in [1.165, 1.54) is 0 Å². The van der Waals surface area contributed by atoms with Crippen LogP contribution in [0.2, 0.25) is 0 Å². The standard InChI is InChI=1S/C25H22N2O5/c28-20-13-9-17(10-14-20)16-5-7-18(8-6-16)25(31)32-15-23(29)27-22-4-2-1-3-21(22)24(30)26-19-11-12-19/h1-10,13-14,19,28H,11-12,15H2,(H,26,30)(H,27,29). The van der Waals surface area contributed by atoms with Crippen LogP contribution in [0.15, 0.2) is 72.8 Å². The highest BCUT2D eigenvalue weighted by Crippen LogP contribution is 2.23. The smallest absolute Gasteiger partial charge is 0.338 e. The van der Waals surface area contributed by atoms with Gasteiger partial charge in [-0.2, -0.15) is 0 Å². The highest BCUT2D eigenvalue weighted by molar-refractivity contribution is 6.04. The Bertz CT molecular complexity index is 1140. The molecule has 3 aromatic rings. The Labute approximate surface area is 185 Å². The molecular weight excluding hydrogens is 408 g/mol. The third-order valence-corrected chi connectivity index (χ3v) is 5.01. The van der Waals surface area contributed by atoms with Gasteiger partial charge in [0.15, 0.2) is 6.61 Å². The molecule has 0 heterocycles. The monoisotopic (exact) mass is 430 g/mol. The van der Waals surface area contributed by atoms with Crippen molar-refractivity contribution in [3.05, 3.63) is 83.9 Å². The second-order valence-corrected chi connectivity index (χ2v) is 7.54. The summed E-state index contributed by atoms with van der Waals surface area (Å²) in [5.41, 5.74) is 2.81. The number of rotatable bonds is 7. The van der Waals surface area contributed by atoms with Crippen LogP contribution in [0.4, 0.5) is 5.69 Å². The molecular formula is C25H22N2O5. The number of nitrogens with one attached hydrogen (secondary N) is 2. The molecule has 32 heavy (non-hydrogen) atoms. The first-order valence-electron chi connectivity index (χ1n) is 10.3. The lowest BCUT2D eigenvalue weighted by Gasteiger charge is -2.11. The van der Waals surface area contributed by atoms with Gasteiger partial charge in [-0.3, -0.25) is 9.59 Å². The Kier molecular flexibility index (Phi) is 6.17. The van der Waals surface area contributed by atoms with Gasteiger partial charge in [-0.1, -0.05) is 36.4 Å². The van der Waals surface area contributed by atoms with Crippen LogP contribution in [0.3, 0.4) is 0 Å². The van der Waals surface area contributed by atoms with E-state index in [1.54, 1.807) is 72.8 Å². The van der Waals surface area contributed by atoms with Gasteiger partial charge in [0.2, 0.25) is 0 Å². The molecule has 7 nitrogen and oxygen atoms in total. The molecule has 0 bridgehead atoms. The van der Waals surface area contributed by atoms with Crippen molar-refractivity contribution < 1.29 is 24.2 Å². The highest BCUT2D eigenvalue weighted by Gasteiger charge is 2.25. The lowest BCUT2D eigenvalue weighted by Crippen LogP contribution is -2.28. The summed E-state index contributed by atoms with van der Waals surface area (Å²) in [4.78, 5) is 36.9. The maximum atomic E-state index is 12.3. The zero-order valence-electron chi connectivity index (χ0n) is 17.2. The summed E-state index contributed by atoms with van der Waals surface area (Å²) in [5.74, 6) is -1.23. The van der Waals surface area contributed by atoms with Gasteiger partial charge in [-0.25, -0.2) is 4.79 Å². The molecule has 0 saturated heterocycles. The van der Waals surface area contributed by atoms with Crippen LogP contribution in [0, 0.1) is 0 Å². The molecule has 162 valence electrons. The van der Waals surface area contributed by atoms with Crippen LogP contribution in [0.25, 0.3) is 11.1 Å². The maximum Gasteiger partial charge on any atom is 0.338 e. The summed E-state index contributed by atoms with van der Waals surface area (Å²) in [5, 5.41) is 14.9. The zero-order chi connectivity index (χ0) is 22.5. The number of benzene rings is 3. The molecule has 0 aromatic heterocycles.